The molecule has 0 bridgehead atoms. The van der Waals surface area contributed by atoms with Crippen molar-refractivity contribution in [3.8, 4) is 11.5 Å². The second-order valence-corrected chi connectivity index (χ2v) is 8.13. The van der Waals surface area contributed by atoms with Crippen molar-refractivity contribution >= 4 is 39.3 Å². The van der Waals surface area contributed by atoms with Gasteiger partial charge in [-0.25, -0.2) is 0 Å². The van der Waals surface area contributed by atoms with E-state index in [1.165, 1.54) is 17.3 Å². The molecule has 0 aliphatic carbocycles. The molecule has 2 aromatic carbocycles. The van der Waals surface area contributed by atoms with Gasteiger partial charge in [0, 0.05) is 16.7 Å². The number of thioether (sulfide) groups is 1. The topological polar surface area (TPSA) is 59.2 Å². The van der Waals surface area contributed by atoms with E-state index in [-0.39, 0.29) is 11.2 Å². The number of aromatic nitrogens is 2. The molecule has 0 radical (unpaired) electrons. The van der Waals surface area contributed by atoms with Gasteiger partial charge >= 0.3 is 0 Å². The Labute approximate surface area is 163 Å². The van der Waals surface area contributed by atoms with Crippen molar-refractivity contribution in [2.24, 2.45) is 0 Å². The van der Waals surface area contributed by atoms with E-state index in [1.54, 1.807) is 0 Å². The third-order valence-corrected chi connectivity index (χ3v) is 5.90. The third kappa shape index (κ3) is 3.29. The molecule has 1 aliphatic heterocycles. The third-order valence-electron chi connectivity index (χ3n) is 4.29. The highest BCUT2D eigenvalue weighted by Crippen LogP contribution is 2.33. The number of hydrogen-bond donors (Lipinski definition) is 0. The molecule has 0 saturated heterocycles. The monoisotopic (exact) mass is 429 g/mol. The minimum Gasteiger partial charge on any atom is -0.411 e. The Hall–Kier alpha value is -2.12. The molecule has 0 saturated carbocycles. The minimum absolute atomic E-state index is 0.0561. The number of para-hydroxylation sites is 1. The van der Waals surface area contributed by atoms with Crippen LogP contribution in [0.15, 0.2) is 62.6 Å². The van der Waals surface area contributed by atoms with E-state index in [0.29, 0.717) is 11.1 Å². The number of halogens is 1. The molecule has 7 heteroatoms. The second kappa shape index (κ2) is 7.25. The highest BCUT2D eigenvalue weighted by Gasteiger charge is 2.29. The van der Waals surface area contributed by atoms with Gasteiger partial charge in [0.15, 0.2) is 0 Å². The Bertz CT molecular complexity index is 959. The molecule has 2 heterocycles. The number of benzene rings is 2. The molecule has 0 fully saturated rings. The average Bonchev–Trinajstić information content (AvgIpc) is 3.28. The number of carbonyl (C=O) groups excluding carboxylic acids is 1. The molecule has 132 valence electrons. The Balaban J connectivity index is 1.48. The van der Waals surface area contributed by atoms with Gasteiger partial charge in [0.05, 0.1) is 10.8 Å². The molecule has 0 N–H and O–H groups in total. The van der Waals surface area contributed by atoms with Crippen molar-refractivity contribution in [1.29, 1.82) is 0 Å². The lowest BCUT2D eigenvalue weighted by Crippen LogP contribution is -2.35. The average molecular weight is 430 g/mol. The molecule has 3 aromatic rings. The maximum Gasteiger partial charge on any atom is 0.277 e. The van der Waals surface area contributed by atoms with Gasteiger partial charge < -0.3 is 9.32 Å². The zero-order valence-electron chi connectivity index (χ0n) is 14.1. The van der Waals surface area contributed by atoms with Crippen molar-refractivity contribution in [2.75, 3.05) is 11.4 Å². The second-order valence-electron chi connectivity index (χ2n) is 5.98. The molecule has 1 unspecified atom stereocenters. The number of anilines is 1. The zero-order chi connectivity index (χ0) is 18.1. The van der Waals surface area contributed by atoms with Gasteiger partial charge in [0.25, 0.3) is 5.22 Å². The number of fused-ring (bicyclic) bond motifs is 1. The van der Waals surface area contributed by atoms with Gasteiger partial charge in [0.2, 0.25) is 11.8 Å². The van der Waals surface area contributed by atoms with Gasteiger partial charge in [-0.15, -0.1) is 10.2 Å². The number of rotatable bonds is 4. The van der Waals surface area contributed by atoms with Crippen LogP contribution in [0.2, 0.25) is 0 Å². The maximum atomic E-state index is 12.9. The molecular weight excluding hydrogens is 414 g/mol. The number of hydrogen-bond acceptors (Lipinski definition) is 5. The fraction of sp³-hybridized carbons (Fsp3) is 0.211. The van der Waals surface area contributed by atoms with Gasteiger partial charge in [-0.05, 0) is 53.0 Å². The Kier molecular flexibility index (Phi) is 4.82. The number of carbonyl (C=O) groups is 1. The Morgan fingerprint density at radius 2 is 1.96 bits per heavy atom. The van der Waals surface area contributed by atoms with Gasteiger partial charge in [-0.3, -0.25) is 4.79 Å². The largest absolute Gasteiger partial charge is 0.411 e. The van der Waals surface area contributed by atoms with Crippen LogP contribution in [0.25, 0.3) is 11.5 Å². The summed E-state index contributed by atoms with van der Waals surface area (Å²) in [6.07, 6.45) is 0.895. The van der Waals surface area contributed by atoms with Crippen LogP contribution in [0.4, 0.5) is 5.69 Å². The van der Waals surface area contributed by atoms with Gasteiger partial charge in [-0.2, -0.15) is 0 Å². The molecule has 5 nitrogen and oxygen atoms in total. The van der Waals surface area contributed by atoms with Crippen molar-refractivity contribution in [2.45, 2.75) is 23.8 Å². The molecule has 1 atom stereocenters. The van der Waals surface area contributed by atoms with E-state index in [9.17, 15) is 4.79 Å². The summed E-state index contributed by atoms with van der Waals surface area (Å²) in [4.78, 5) is 14.7. The van der Waals surface area contributed by atoms with Crippen LogP contribution in [-0.4, -0.2) is 27.9 Å². The van der Waals surface area contributed by atoms with Crippen molar-refractivity contribution in [3.63, 3.8) is 0 Å². The number of amides is 1. The molecule has 4 rings (SSSR count). The van der Waals surface area contributed by atoms with Crippen LogP contribution >= 0.6 is 27.7 Å². The summed E-state index contributed by atoms with van der Waals surface area (Å²) in [6.45, 7) is 2.59. The van der Waals surface area contributed by atoms with Gasteiger partial charge in [-0.1, -0.05) is 42.1 Å². The lowest BCUT2D eigenvalue weighted by atomic mass is 10.2. The fourth-order valence-corrected chi connectivity index (χ4v) is 4.19. The van der Waals surface area contributed by atoms with Gasteiger partial charge in [0.1, 0.15) is 0 Å². The minimum atomic E-state index is -0.311. The van der Waals surface area contributed by atoms with Crippen molar-refractivity contribution in [3.05, 3.63) is 58.6 Å². The molecule has 26 heavy (non-hydrogen) atoms. The first-order chi connectivity index (χ1) is 12.6. The quantitative estimate of drug-likeness (QED) is 0.568. The summed E-state index contributed by atoms with van der Waals surface area (Å²) in [5.74, 6) is 0.492. The van der Waals surface area contributed by atoms with Crippen LogP contribution < -0.4 is 4.90 Å². The molecule has 1 aromatic heterocycles. The van der Waals surface area contributed by atoms with E-state index >= 15 is 0 Å². The maximum absolute atomic E-state index is 12.9. The number of nitrogens with zero attached hydrogens (tertiary/aromatic N) is 3. The van der Waals surface area contributed by atoms with Crippen LogP contribution in [0, 0.1) is 0 Å². The predicted octanol–water partition coefficient (Wildman–Crippen LogP) is 4.57. The summed E-state index contributed by atoms with van der Waals surface area (Å²) in [7, 11) is 0. The lowest BCUT2D eigenvalue weighted by molar-refractivity contribution is -0.117. The van der Waals surface area contributed by atoms with Crippen LogP contribution in [-0.2, 0) is 11.2 Å². The summed E-state index contributed by atoms with van der Waals surface area (Å²) in [5, 5.41) is 8.26. The van der Waals surface area contributed by atoms with Crippen molar-refractivity contribution < 1.29 is 9.21 Å². The summed E-state index contributed by atoms with van der Waals surface area (Å²) < 4.78 is 6.63. The fourth-order valence-electron chi connectivity index (χ4n) is 2.99. The Morgan fingerprint density at radius 3 is 2.81 bits per heavy atom. The van der Waals surface area contributed by atoms with Crippen molar-refractivity contribution in [1.82, 2.24) is 10.2 Å². The van der Waals surface area contributed by atoms with Crippen LogP contribution in [0.3, 0.4) is 0 Å². The molecule has 1 amide bonds. The van der Waals surface area contributed by atoms with E-state index < -0.39 is 0 Å². The van der Waals surface area contributed by atoms with E-state index in [0.717, 1.165) is 28.7 Å². The summed E-state index contributed by atoms with van der Waals surface area (Å²) in [6, 6.07) is 15.7. The predicted molar refractivity (Wildman–Crippen MR) is 105 cm³/mol. The summed E-state index contributed by atoms with van der Waals surface area (Å²) >= 11 is 4.77. The van der Waals surface area contributed by atoms with E-state index in [2.05, 4.69) is 32.2 Å². The highest BCUT2D eigenvalue weighted by molar-refractivity contribution is 9.10. The van der Waals surface area contributed by atoms with E-state index in [4.69, 9.17) is 4.42 Å². The Morgan fingerprint density at radius 1 is 1.19 bits per heavy atom. The highest BCUT2D eigenvalue weighted by atomic mass is 79.9. The SMILES string of the molecule is CC(Sc1nnc(-c2ccccc2Br)o1)C(=O)N1CCc2ccccc21. The van der Waals surface area contributed by atoms with Crippen LogP contribution in [0.1, 0.15) is 12.5 Å². The zero-order valence-corrected chi connectivity index (χ0v) is 16.5. The smallest absolute Gasteiger partial charge is 0.277 e. The normalized spacial score (nSPS) is 14.3. The molecule has 0 spiro atoms. The van der Waals surface area contributed by atoms with E-state index in [1.807, 2.05) is 54.3 Å². The first kappa shape index (κ1) is 17.3. The lowest BCUT2D eigenvalue weighted by Gasteiger charge is -2.20. The standard InChI is InChI=1S/C19H16BrN3O2S/c1-12(18(24)23-11-10-13-6-2-5-9-16(13)23)26-19-22-21-17(25-19)14-7-3-4-8-15(14)20/h2-9,12H,10-11H2,1H3. The molecular formula is C19H16BrN3O2S. The molecule has 1 aliphatic rings. The summed E-state index contributed by atoms with van der Waals surface area (Å²) in [5.41, 5.74) is 3.05. The first-order valence-corrected chi connectivity index (χ1v) is 9.95. The van der Waals surface area contributed by atoms with Crippen LogP contribution in [0.5, 0.6) is 0 Å². The first-order valence-electron chi connectivity index (χ1n) is 8.28.